The number of nitrogens with zero attached hydrogens (tertiary/aromatic N) is 1. The van der Waals surface area contributed by atoms with Crippen molar-refractivity contribution in [2.45, 2.75) is 37.9 Å². The number of benzene rings is 1. The summed E-state index contributed by atoms with van der Waals surface area (Å²) in [5.41, 5.74) is 0.0973. The fourth-order valence-corrected chi connectivity index (χ4v) is 2.44. The molecule has 0 bridgehead atoms. The Kier molecular flexibility index (Phi) is 6.07. The van der Waals surface area contributed by atoms with Crippen molar-refractivity contribution >= 4 is 11.7 Å². The van der Waals surface area contributed by atoms with E-state index in [9.17, 15) is 14.9 Å². The Bertz CT molecular complexity index is 605. The number of nitro groups is 1. The first-order valence-corrected chi connectivity index (χ1v) is 7.29. The Morgan fingerprint density at radius 1 is 1.42 bits per heavy atom. The largest absolute Gasteiger partial charge is 0.467 e. The van der Waals surface area contributed by atoms with Crippen LogP contribution in [0.5, 0.6) is 5.75 Å². The Balaban J connectivity index is 2.19. The van der Waals surface area contributed by atoms with Crippen molar-refractivity contribution in [3.63, 3.8) is 0 Å². The van der Waals surface area contributed by atoms with E-state index >= 15 is 0 Å². The van der Waals surface area contributed by atoms with Gasteiger partial charge in [-0.15, -0.1) is 0 Å². The van der Waals surface area contributed by atoms with Gasteiger partial charge < -0.3 is 24.1 Å². The summed E-state index contributed by atoms with van der Waals surface area (Å²) in [7, 11) is 2.75. The van der Waals surface area contributed by atoms with E-state index in [0.717, 1.165) is 0 Å². The summed E-state index contributed by atoms with van der Waals surface area (Å²) < 4.78 is 21.0. The van der Waals surface area contributed by atoms with Crippen molar-refractivity contribution in [2.75, 3.05) is 14.2 Å². The average molecular weight is 341 g/mol. The molecule has 1 heterocycles. The van der Waals surface area contributed by atoms with E-state index in [-0.39, 0.29) is 24.1 Å². The van der Waals surface area contributed by atoms with Crippen molar-refractivity contribution in [3.05, 3.63) is 33.9 Å². The molecule has 1 aliphatic rings. The molecule has 1 aromatic rings. The van der Waals surface area contributed by atoms with Gasteiger partial charge in [-0.05, 0) is 11.6 Å². The van der Waals surface area contributed by atoms with Crippen LogP contribution in [0.25, 0.3) is 0 Å². The first-order valence-electron chi connectivity index (χ1n) is 7.29. The lowest BCUT2D eigenvalue weighted by atomic mass is 10.0. The molecule has 0 amide bonds. The lowest BCUT2D eigenvalue weighted by Crippen LogP contribution is -2.43. The van der Waals surface area contributed by atoms with Gasteiger partial charge in [0.25, 0.3) is 0 Å². The highest BCUT2D eigenvalue weighted by molar-refractivity contribution is 5.74. The Morgan fingerprint density at radius 2 is 2.17 bits per heavy atom. The molecule has 132 valence electrons. The monoisotopic (exact) mass is 341 g/mol. The molecular weight excluding hydrogens is 322 g/mol. The van der Waals surface area contributed by atoms with Crippen LogP contribution >= 0.6 is 0 Å². The number of carbonyl (C=O) groups excluding carboxylic acids is 1. The van der Waals surface area contributed by atoms with Crippen LogP contribution in [-0.2, 0) is 25.6 Å². The summed E-state index contributed by atoms with van der Waals surface area (Å²) in [6.07, 6.45) is -1.44. The fourth-order valence-electron chi connectivity index (χ4n) is 2.44. The molecule has 0 radical (unpaired) electrons. The summed E-state index contributed by atoms with van der Waals surface area (Å²) in [4.78, 5) is 22.3. The van der Waals surface area contributed by atoms with E-state index < -0.39 is 23.3 Å². The minimum atomic E-state index is -0.897. The van der Waals surface area contributed by atoms with Crippen LogP contribution in [0.3, 0.4) is 0 Å². The summed E-state index contributed by atoms with van der Waals surface area (Å²) >= 11 is 0. The molecule has 24 heavy (non-hydrogen) atoms. The van der Waals surface area contributed by atoms with E-state index in [1.165, 1.54) is 32.4 Å². The zero-order chi connectivity index (χ0) is 17.7. The van der Waals surface area contributed by atoms with Crippen molar-refractivity contribution in [1.29, 1.82) is 0 Å². The van der Waals surface area contributed by atoms with Crippen molar-refractivity contribution in [3.8, 4) is 5.75 Å². The zero-order valence-electron chi connectivity index (χ0n) is 13.3. The predicted molar refractivity (Wildman–Crippen MR) is 80.4 cm³/mol. The second kappa shape index (κ2) is 8.04. The molecule has 1 aromatic carbocycles. The molecule has 1 fully saturated rings. The van der Waals surface area contributed by atoms with E-state index in [0.29, 0.717) is 18.4 Å². The first kappa shape index (κ1) is 18.1. The van der Waals surface area contributed by atoms with Gasteiger partial charge in [0, 0.05) is 26.0 Å². The van der Waals surface area contributed by atoms with Crippen LogP contribution in [0.15, 0.2) is 18.2 Å². The van der Waals surface area contributed by atoms with E-state index in [1.807, 2.05) is 0 Å². The minimum absolute atomic E-state index is 0.0115. The summed E-state index contributed by atoms with van der Waals surface area (Å²) in [6.45, 7) is -0.322. The van der Waals surface area contributed by atoms with E-state index in [2.05, 4.69) is 4.74 Å². The van der Waals surface area contributed by atoms with Gasteiger partial charge in [-0.1, -0.05) is 6.07 Å². The van der Waals surface area contributed by atoms with Gasteiger partial charge in [0.05, 0.1) is 24.7 Å². The summed E-state index contributed by atoms with van der Waals surface area (Å²) in [6, 6.07) is 4.12. The topological polar surface area (TPSA) is 117 Å². The van der Waals surface area contributed by atoms with Gasteiger partial charge >= 0.3 is 11.7 Å². The molecule has 0 aromatic heterocycles. The third-order valence-electron chi connectivity index (χ3n) is 3.71. The molecule has 9 heteroatoms. The molecule has 2 unspecified atom stereocenters. The number of aliphatic hydroxyl groups excluding tert-OH is 1. The highest BCUT2D eigenvalue weighted by Gasteiger charge is 2.36. The smallest absolute Gasteiger partial charge is 0.335 e. The van der Waals surface area contributed by atoms with Gasteiger partial charge in [-0.2, -0.15) is 0 Å². The number of hydrogen-bond acceptors (Lipinski definition) is 8. The number of ether oxygens (including phenoxy) is 4. The van der Waals surface area contributed by atoms with Crippen LogP contribution in [0.4, 0.5) is 5.69 Å². The molecule has 1 N–H and O–H groups in total. The second-order valence-electron chi connectivity index (χ2n) is 5.24. The van der Waals surface area contributed by atoms with E-state index in [1.54, 1.807) is 0 Å². The van der Waals surface area contributed by atoms with Crippen LogP contribution in [0.1, 0.15) is 18.4 Å². The van der Waals surface area contributed by atoms with Crippen molar-refractivity contribution in [2.24, 2.45) is 0 Å². The second-order valence-corrected chi connectivity index (χ2v) is 5.24. The van der Waals surface area contributed by atoms with Crippen LogP contribution in [0, 0.1) is 10.1 Å². The maximum absolute atomic E-state index is 11.7. The van der Waals surface area contributed by atoms with E-state index in [4.69, 9.17) is 19.3 Å². The van der Waals surface area contributed by atoms with Crippen molar-refractivity contribution < 1.29 is 33.8 Å². The van der Waals surface area contributed by atoms with Gasteiger partial charge in [0.15, 0.2) is 11.9 Å². The number of carbonyl (C=O) groups is 1. The molecule has 2 rings (SSSR count). The van der Waals surface area contributed by atoms with Gasteiger partial charge in [0.1, 0.15) is 0 Å². The minimum Gasteiger partial charge on any atom is -0.467 e. The highest BCUT2D eigenvalue weighted by atomic mass is 16.7. The predicted octanol–water partition coefficient (Wildman–Crippen LogP) is 1.16. The normalized spacial score (nSPS) is 23.5. The maximum Gasteiger partial charge on any atom is 0.335 e. The molecule has 0 aliphatic carbocycles. The molecule has 3 atom stereocenters. The lowest BCUT2D eigenvalue weighted by molar-refractivity contribution is -0.386. The molecule has 1 aliphatic heterocycles. The molecule has 0 saturated carbocycles. The zero-order valence-corrected chi connectivity index (χ0v) is 13.3. The number of methoxy groups -OCH3 is 2. The quantitative estimate of drug-likeness (QED) is 0.465. The average Bonchev–Trinajstić information content (AvgIpc) is 2.60. The Hall–Kier alpha value is -2.23. The number of hydrogen-bond donors (Lipinski definition) is 1. The number of rotatable bonds is 6. The molecule has 1 saturated heterocycles. The van der Waals surface area contributed by atoms with Crippen molar-refractivity contribution in [1.82, 2.24) is 0 Å². The number of esters is 1. The van der Waals surface area contributed by atoms with Crippen LogP contribution in [-0.4, -0.2) is 48.7 Å². The summed E-state index contributed by atoms with van der Waals surface area (Å²) in [5.74, 6) is -0.571. The third kappa shape index (κ3) is 4.19. The molecule has 0 spiro atoms. The van der Waals surface area contributed by atoms with Gasteiger partial charge in [-0.25, -0.2) is 4.79 Å². The molecule has 9 nitrogen and oxygen atoms in total. The van der Waals surface area contributed by atoms with Gasteiger partial charge in [-0.3, -0.25) is 10.1 Å². The highest BCUT2D eigenvalue weighted by Crippen LogP contribution is 2.32. The number of nitro benzene ring substituents is 1. The Morgan fingerprint density at radius 3 is 2.75 bits per heavy atom. The molecular formula is C15H19NO8. The maximum atomic E-state index is 11.7. The van der Waals surface area contributed by atoms with Gasteiger partial charge in [0.2, 0.25) is 6.29 Å². The Labute approximate surface area is 138 Å². The standard InChI is InChI=1S/C15H19NO8/c1-21-10-6-13(15(18)22-2)24-14(7-10)23-12-4-3-9(8-17)5-11(12)16(19)20/h3-5,10,13-14,17H,6-8H2,1-2H3/t10?,13-,14?/m0/s1. The van der Waals surface area contributed by atoms with Crippen LogP contribution < -0.4 is 4.74 Å². The fraction of sp³-hybridized carbons (Fsp3) is 0.533. The summed E-state index contributed by atoms with van der Waals surface area (Å²) in [5, 5.41) is 20.3. The van der Waals surface area contributed by atoms with Crippen LogP contribution in [0.2, 0.25) is 0 Å². The lowest BCUT2D eigenvalue weighted by Gasteiger charge is -2.33. The first-order chi connectivity index (χ1) is 11.5. The number of aliphatic hydroxyl groups is 1. The third-order valence-corrected chi connectivity index (χ3v) is 3.71. The SMILES string of the molecule is COC(=O)[C@@H]1CC(OC)CC(Oc2ccc(CO)cc2[N+](=O)[O-])O1.